The molecule has 1 aliphatic rings. The lowest BCUT2D eigenvalue weighted by Gasteiger charge is -2.36. The Kier molecular flexibility index (Phi) is 4.58. The highest BCUT2D eigenvalue weighted by atomic mass is 79.9. The van der Waals surface area contributed by atoms with Crippen molar-refractivity contribution in [2.75, 3.05) is 20.6 Å². The van der Waals surface area contributed by atoms with Gasteiger partial charge in [0.2, 0.25) is 0 Å². The fourth-order valence-corrected chi connectivity index (χ4v) is 3.07. The van der Waals surface area contributed by atoms with Gasteiger partial charge in [-0.25, -0.2) is 4.98 Å². The lowest BCUT2D eigenvalue weighted by atomic mass is 9.96. The van der Waals surface area contributed by atoms with Crippen molar-refractivity contribution in [1.82, 2.24) is 15.2 Å². The number of pyridine rings is 1. The van der Waals surface area contributed by atoms with Crippen molar-refractivity contribution in [2.24, 2.45) is 0 Å². The SMILES string of the molecule is CN(C)C1(CNC(=O)c2ccnc(Br)c2)CCCC1. The number of aromatic nitrogens is 1. The summed E-state index contributed by atoms with van der Waals surface area (Å²) < 4.78 is 0.684. The molecule has 4 nitrogen and oxygen atoms in total. The molecule has 0 atom stereocenters. The number of nitrogens with one attached hydrogen (secondary N) is 1. The summed E-state index contributed by atoms with van der Waals surface area (Å²) in [6.45, 7) is 0.707. The van der Waals surface area contributed by atoms with E-state index in [1.807, 2.05) is 0 Å². The van der Waals surface area contributed by atoms with Gasteiger partial charge < -0.3 is 10.2 Å². The molecule has 0 aromatic carbocycles. The van der Waals surface area contributed by atoms with E-state index in [0.717, 1.165) is 12.8 Å². The minimum atomic E-state index is -0.0313. The van der Waals surface area contributed by atoms with E-state index in [1.165, 1.54) is 12.8 Å². The van der Waals surface area contributed by atoms with E-state index in [1.54, 1.807) is 18.3 Å². The van der Waals surface area contributed by atoms with Gasteiger partial charge >= 0.3 is 0 Å². The highest BCUT2D eigenvalue weighted by molar-refractivity contribution is 9.10. The van der Waals surface area contributed by atoms with Gasteiger partial charge in [-0.3, -0.25) is 4.79 Å². The molecule has 0 aliphatic heterocycles. The monoisotopic (exact) mass is 325 g/mol. The van der Waals surface area contributed by atoms with Gasteiger partial charge in [0, 0.05) is 23.8 Å². The molecule has 0 spiro atoms. The largest absolute Gasteiger partial charge is 0.350 e. The van der Waals surface area contributed by atoms with Crippen LogP contribution < -0.4 is 5.32 Å². The number of amides is 1. The number of likely N-dealkylation sites (N-methyl/N-ethyl adjacent to an activating group) is 1. The zero-order valence-electron chi connectivity index (χ0n) is 11.4. The van der Waals surface area contributed by atoms with Gasteiger partial charge in [-0.05, 0) is 55.0 Å². The molecule has 0 saturated heterocycles. The van der Waals surface area contributed by atoms with Crippen LogP contribution in [0.15, 0.2) is 22.9 Å². The van der Waals surface area contributed by atoms with Crippen LogP contribution in [-0.2, 0) is 0 Å². The second kappa shape index (κ2) is 6.01. The van der Waals surface area contributed by atoms with Gasteiger partial charge in [-0.15, -0.1) is 0 Å². The maximum absolute atomic E-state index is 12.1. The molecule has 1 saturated carbocycles. The second-order valence-electron chi connectivity index (χ2n) is 5.38. The number of rotatable bonds is 4. The van der Waals surface area contributed by atoms with Crippen molar-refractivity contribution in [3.63, 3.8) is 0 Å². The first-order chi connectivity index (χ1) is 9.03. The van der Waals surface area contributed by atoms with E-state index in [4.69, 9.17) is 0 Å². The summed E-state index contributed by atoms with van der Waals surface area (Å²) in [6, 6.07) is 3.48. The van der Waals surface area contributed by atoms with Crippen LogP contribution in [0.25, 0.3) is 0 Å². The van der Waals surface area contributed by atoms with Crippen LogP contribution in [-0.4, -0.2) is 42.0 Å². The molecule has 5 heteroatoms. The number of carbonyl (C=O) groups excluding carboxylic acids is 1. The average Bonchev–Trinajstić information content (AvgIpc) is 2.86. The fourth-order valence-electron chi connectivity index (χ4n) is 2.71. The quantitative estimate of drug-likeness (QED) is 0.865. The van der Waals surface area contributed by atoms with Crippen LogP contribution in [0.4, 0.5) is 0 Å². The molecular formula is C14H20BrN3O. The summed E-state index contributed by atoms with van der Waals surface area (Å²) in [6.07, 6.45) is 6.43. The van der Waals surface area contributed by atoms with Crippen molar-refractivity contribution in [2.45, 2.75) is 31.2 Å². The van der Waals surface area contributed by atoms with Gasteiger partial charge in [-0.1, -0.05) is 12.8 Å². The van der Waals surface area contributed by atoms with E-state index in [-0.39, 0.29) is 11.4 Å². The minimum absolute atomic E-state index is 0.0313. The summed E-state index contributed by atoms with van der Waals surface area (Å²) in [5.74, 6) is -0.0313. The molecule has 0 radical (unpaired) electrons. The Morgan fingerprint density at radius 3 is 2.74 bits per heavy atom. The van der Waals surface area contributed by atoms with Crippen LogP contribution in [0.2, 0.25) is 0 Å². The summed E-state index contributed by atoms with van der Waals surface area (Å²) in [5, 5.41) is 3.06. The number of hydrogen-bond donors (Lipinski definition) is 1. The summed E-state index contributed by atoms with van der Waals surface area (Å²) >= 11 is 3.28. The molecule has 104 valence electrons. The topological polar surface area (TPSA) is 45.2 Å². The van der Waals surface area contributed by atoms with Crippen LogP contribution in [0.3, 0.4) is 0 Å². The Bertz CT molecular complexity index is 456. The summed E-state index contributed by atoms with van der Waals surface area (Å²) in [4.78, 5) is 18.4. The first-order valence-electron chi connectivity index (χ1n) is 6.61. The third-order valence-electron chi connectivity index (χ3n) is 4.05. The van der Waals surface area contributed by atoms with Crippen molar-refractivity contribution in [3.8, 4) is 0 Å². The molecule has 1 aromatic rings. The lowest BCUT2D eigenvalue weighted by molar-refractivity contribution is 0.0900. The fraction of sp³-hybridized carbons (Fsp3) is 0.571. The highest BCUT2D eigenvalue weighted by Gasteiger charge is 2.36. The molecule has 0 bridgehead atoms. The van der Waals surface area contributed by atoms with Crippen LogP contribution in [0.5, 0.6) is 0 Å². The summed E-state index contributed by atoms with van der Waals surface area (Å²) in [5.41, 5.74) is 0.772. The van der Waals surface area contributed by atoms with Crippen molar-refractivity contribution in [3.05, 3.63) is 28.5 Å². The van der Waals surface area contributed by atoms with Crippen LogP contribution in [0, 0.1) is 0 Å². The number of hydrogen-bond acceptors (Lipinski definition) is 3. The average molecular weight is 326 g/mol. The second-order valence-corrected chi connectivity index (χ2v) is 6.19. The number of carbonyl (C=O) groups is 1. The zero-order chi connectivity index (χ0) is 13.9. The summed E-state index contributed by atoms with van der Waals surface area (Å²) in [7, 11) is 4.20. The smallest absolute Gasteiger partial charge is 0.251 e. The molecule has 1 heterocycles. The molecule has 0 unspecified atom stereocenters. The number of halogens is 1. The first-order valence-corrected chi connectivity index (χ1v) is 7.40. The van der Waals surface area contributed by atoms with Crippen molar-refractivity contribution in [1.29, 1.82) is 0 Å². The van der Waals surface area contributed by atoms with Crippen LogP contribution in [0.1, 0.15) is 36.0 Å². The Hall–Kier alpha value is -0.940. The Balaban J connectivity index is 2.00. The van der Waals surface area contributed by atoms with E-state index >= 15 is 0 Å². The maximum Gasteiger partial charge on any atom is 0.251 e. The predicted molar refractivity (Wildman–Crippen MR) is 79.2 cm³/mol. The zero-order valence-corrected chi connectivity index (χ0v) is 13.0. The predicted octanol–water partition coefficient (Wildman–Crippen LogP) is 2.45. The normalized spacial score (nSPS) is 17.7. The molecule has 1 fully saturated rings. The van der Waals surface area contributed by atoms with Crippen LogP contribution >= 0.6 is 15.9 Å². The van der Waals surface area contributed by atoms with E-state index in [0.29, 0.717) is 16.7 Å². The maximum atomic E-state index is 12.1. The van der Waals surface area contributed by atoms with E-state index < -0.39 is 0 Å². The molecule has 1 N–H and O–H groups in total. The molecule has 1 aromatic heterocycles. The van der Waals surface area contributed by atoms with Gasteiger partial charge in [0.15, 0.2) is 0 Å². The van der Waals surface area contributed by atoms with Crippen molar-refractivity contribution >= 4 is 21.8 Å². The molecule has 19 heavy (non-hydrogen) atoms. The molecule has 1 amide bonds. The lowest BCUT2D eigenvalue weighted by Crippen LogP contribution is -2.50. The van der Waals surface area contributed by atoms with Gasteiger partial charge in [0.1, 0.15) is 4.60 Å². The number of nitrogens with zero attached hydrogens (tertiary/aromatic N) is 2. The Morgan fingerprint density at radius 2 is 2.16 bits per heavy atom. The van der Waals surface area contributed by atoms with Gasteiger partial charge in [0.25, 0.3) is 5.91 Å². The first kappa shape index (κ1) is 14.5. The third-order valence-corrected chi connectivity index (χ3v) is 4.48. The molecule has 2 rings (SSSR count). The Labute approximate surface area is 122 Å². The van der Waals surface area contributed by atoms with E-state index in [9.17, 15) is 4.79 Å². The van der Waals surface area contributed by atoms with E-state index in [2.05, 4.69) is 45.2 Å². The molecular weight excluding hydrogens is 306 g/mol. The van der Waals surface area contributed by atoms with Gasteiger partial charge in [0.05, 0.1) is 0 Å². The third kappa shape index (κ3) is 3.34. The van der Waals surface area contributed by atoms with Crippen molar-refractivity contribution < 1.29 is 4.79 Å². The Morgan fingerprint density at radius 1 is 1.47 bits per heavy atom. The van der Waals surface area contributed by atoms with Gasteiger partial charge in [-0.2, -0.15) is 0 Å². The highest BCUT2D eigenvalue weighted by Crippen LogP contribution is 2.33. The molecule has 1 aliphatic carbocycles. The standard InChI is InChI=1S/C14H20BrN3O/c1-18(2)14(6-3-4-7-14)10-17-13(19)11-5-8-16-12(15)9-11/h5,8-9H,3-4,6-7,10H2,1-2H3,(H,17,19). The minimum Gasteiger partial charge on any atom is -0.350 e.